The number of nitrogens with zero attached hydrogens (tertiary/aromatic N) is 3. The summed E-state index contributed by atoms with van der Waals surface area (Å²) in [6.07, 6.45) is 2.40. The summed E-state index contributed by atoms with van der Waals surface area (Å²) in [7, 11) is 0. The average Bonchev–Trinajstić information content (AvgIpc) is 3.62. The largest absolute Gasteiger partial charge is 0.491 e. The smallest absolute Gasteiger partial charge is 0.260 e. The summed E-state index contributed by atoms with van der Waals surface area (Å²) >= 11 is 6.40. The number of amides is 4. The van der Waals surface area contributed by atoms with Gasteiger partial charge in [-0.05, 0) is 103 Å². The van der Waals surface area contributed by atoms with E-state index >= 15 is 4.79 Å². The standard InChI is InChI=1S/C44H40ClFN4O7/c45-28-5-3-27(4-6-28)44-37(41(53)50(43(44)55)47-30-9-7-29(46)8-10-30)25-36-34(39(44)26-1-15-33(16-2-26)57-24-21-51)17-18-35-38(36)42(54)49(40(35)52)32-13-11-31(12-14-32)48-19-22-56-23-20-48/h1-17,35-39,47,51H,18-25H2. The lowest BCUT2D eigenvalue weighted by Crippen LogP contribution is -2.53. The van der Waals surface area contributed by atoms with E-state index in [1.807, 2.05) is 30.3 Å². The maximum absolute atomic E-state index is 15.3. The summed E-state index contributed by atoms with van der Waals surface area (Å²) in [5.41, 5.74) is 5.36. The highest BCUT2D eigenvalue weighted by molar-refractivity contribution is 6.30. The molecule has 5 aliphatic rings. The number of nitrogens with one attached hydrogen (secondary N) is 1. The molecular weight excluding hydrogens is 751 g/mol. The number of halogens is 2. The zero-order chi connectivity index (χ0) is 39.4. The summed E-state index contributed by atoms with van der Waals surface area (Å²) in [4.78, 5) is 62.7. The quantitative estimate of drug-likeness (QED) is 0.158. The van der Waals surface area contributed by atoms with Gasteiger partial charge in [-0.1, -0.05) is 47.5 Å². The van der Waals surface area contributed by atoms with Gasteiger partial charge in [-0.2, -0.15) is 5.01 Å². The Bertz CT molecular complexity index is 2250. The summed E-state index contributed by atoms with van der Waals surface area (Å²) in [6, 6.07) is 27.0. The van der Waals surface area contributed by atoms with Crippen molar-refractivity contribution in [1.29, 1.82) is 0 Å². The number of fused-ring (bicyclic) bond motifs is 4. The molecular formula is C44H40ClFN4O7. The van der Waals surface area contributed by atoms with Crippen LogP contribution in [0, 0.1) is 29.5 Å². The Morgan fingerprint density at radius 1 is 0.825 bits per heavy atom. The zero-order valence-electron chi connectivity index (χ0n) is 30.9. The fraction of sp³-hybridized carbons (Fsp3) is 0.318. The number of morpholine rings is 1. The zero-order valence-corrected chi connectivity index (χ0v) is 31.6. The molecule has 0 bridgehead atoms. The molecule has 4 aromatic rings. The Balaban J connectivity index is 1.15. The number of benzene rings is 4. The molecule has 4 aromatic carbocycles. The number of anilines is 3. The Hall–Kier alpha value is -5.56. The number of hydrazine groups is 1. The molecule has 3 heterocycles. The summed E-state index contributed by atoms with van der Waals surface area (Å²) < 4.78 is 25.1. The normalized spacial score (nSPS) is 26.9. The molecule has 11 nitrogen and oxygen atoms in total. The van der Waals surface area contributed by atoms with Gasteiger partial charge in [0.05, 0.1) is 54.4 Å². The Morgan fingerprint density at radius 2 is 1.51 bits per heavy atom. The number of hydrogen-bond donors (Lipinski definition) is 2. The summed E-state index contributed by atoms with van der Waals surface area (Å²) in [5, 5.41) is 10.8. The van der Waals surface area contributed by atoms with Crippen LogP contribution in [-0.4, -0.2) is 73.3 Å². The maximum atomic E-state index is 15.3. The highest BCUT2D eigenvalue weighted by atomic mass is 35.5. The second kappa shape index (κ2) is 14.7. The molecule has 0 aromatic heterocycles. The molecule has 4 fully saturated rings. The van der Waals surface area contributed by atoms with Crippen LogP contribution >= 0.6 is 11.6 Å². The SMILES string of the molecule is O=C1C2CC3C(=CCC4C(=O)N(c5ccc(N6CCOCC6)cc5)C(=O)C43)C(c3ccc(OCCO)cc3)C2(c2ccc(Cl)cc2)C(=O)N1Nc1ccc(F)cc1. The molecule has 3 saturated heterocycles. The van der Waals surface area contributed by atoms with Crippen molar-refractivity contribution >= 4 is 52.3 Å². The fourth-order valence-electron chi connectivity index (χ4n) is 9.84. The molecule has 0 spiro atoms. The molecule has 1 saturated carbocycles. The van der Waals surface area contributed by atoms with Crippen LogP contribution in [0.5, 0.6) is 5.75 Å². The minimum Gasteiger partial charge on any atom is -0.491 e. The highest BCUT2D eigenvalue weighted by Crippen LogP contribution is 2.64. The van der Waals surface area contributed by atoms with Crippen LogP contribution in [0.4, 0.5) is 21.5 Å². The van der Waals surface area contributed by atoms with Crippen molar-refractivity contribution < 1.29 is 38.1 Å². The first-order valence-electron chi connectivity index (χ1n) is 19.2. The lowest BCUT2D eigenvalue weighted by Gasteiger charge is -2.50. The van der Waals surface area contributed by atoms with E-state index in [0.29, 0.717) is 46.5 Å². The minimum atomic E-state index is -1.50. The van der Waals surface area contributed by atoms with Crippen molar-refractivity contribution in [2.45, 2.75) is 24.2 Å². The van der Waals surface area contributed by atoms with Crippen molar-refractivity contribution in [3.8, 4) is 5.75 Å². The van der Waals surface area contributed by atoms with Crippen LogP contribution in [0.3, 0.4) is 0 Å². The number of aliphatic hydroxyl groups is 1. The van der Waals surface area contributed by atoms with Crippen LogP contribution in [0.15, 0.2) is 109 Å². The van der Waals surface area contributed by atoms with Crippen LogP contribution < -0.4 is 20.0 Å². The maximum Gasteiger partial charge on any atom is 0.260 e. The Labute approximate surface area is 333 Å². The third-order valence-electron chi connectivity index (χ3n) is 12.3. The van der Waals surface area contributed by atoms with E-state index in [1.54, 1.807) is 48.5 Å². The van der Waals surface area contributed by atoms with E-state index in [-0.39, 0.29) is 37.9 Å². The van der Waals surface area contributed by atoms with Gasteiger partial charge in [0.15, 0.2) is 0 Å². The first kappa shape index (κ1) is 37.0. The topological polar surface area (TPSA) is 129 Å². The van der Waals surface area contributed by atoms with Gasteiger partial charge in [-0.25, -0.2) is 4.39 Å². The van der Waals surface area contributed by atoms with Gasteiger partial charge in [0.2, 0.25) is 11.8 Å². The van der Waals surface area contributed by atoms with Gasteiger partial charge in [-0.15, -0.1) is 0 Å². The summed E-state index contributed by atoms with van der Waals surface area (Å²) in [6.45, 7) is 2.67. The van der Waals surface area contributed by atoms with Gasteiger partial charge in [-0.3, -0.25) is 29.5 Å². The first-order valence-corrected chi connectivity index (χ1v) is 19.6. The summed E-state index contributed by atoms with van der Waals surface area (Å²) in [5.74, 6) is -5.28. The van der Waals surface area contributed by atoms with E-state index in [4.69, 9.17) is 21.1 Å². The highest BCUT2D eigenvalue weighted by Gasteiger charge is 2.70. The number of ether oxygens (including phenoxy) is 2. The van der Waals surface area contributed by atoms with Crippen molar-refractivity contribution in [2.75, 3.05) is 54.7 Å². The average molecular weight is 791 g/mol. The number of carbonyl (C=O) groups excluding carboxylic acids is 4. The predicted octanol–water partition coefficient (Wildman–Crippen LogP) is 5.88. The van der Waals surface area contributed by atoms with Crippen LogP contribution in [-0.2, 0) is 29.3 Å². The molecule has 9 rings (SSSR count). The fourth-order valence-corrected chi connectivity index (χ4v) is 9.96. The number of rotatable bonds is 9. The number of imide groups is 2. The van der Waals surface area contributed by atoms with E-state index in [9.17, 15) is 23.9 Å². The molecule has 2 aliphatic carbocycles. The Kier molecular flexibility index (Phi) is 9.58. The third-order valence-corrected chi connectivity index (χ3v) is 12.6. The molecule has 292 valence electrons. The van der Waals surface area contributed by atoms with E-state index in [0.717, 1.165) is 29.4 Å². The molecule has 0 radical (unpaired) electrons. The van der Waals surface area contributed by atoms with Crippen molar-refractivity contribution in [2.24, 2.45) is 23.7 Å². The number of allylic oxidation sites excluding steroid dienone is 2. The van der Waals surface area contributed by atoms with Crippen molar-refractivity contribution in [3.05, 3.63) is 131 Å². The monoisotopic (exact) mass is 790 g/mol. The lowest BCUT2D eigenvalue weighted by atomic mass is 9.49. The molecule has 6 atom stereocenters. The molecule has 4 amide bonds. The third kappa shape index (κ3) is 6.09. The predicted molar refractivity (Wildman–Crippen MR) is 210 cm³/mol. The molecule has 57 heavy (non-hydrogen) atoms. The second-order valence-electron chi connectivity index (χ2n) is 15.1. The van der Waals surface area contributed by atoms with Crippen LogP contribution in [0.2, 0.25) is 5.02 Å². The van der Waals surface area contributed by atoms with Crippen molar-refractivity contribution in [3.63, 3.8) is 0 Å². The molecule has 2 N–H and O–H groups in total. The Morgan fingerprint density at radius 3 is 2.19 bits per heavy atom. The number of hydrogen-bond acceptors (Lipinski definition) is 9. The van der Waals surface area contributed by atoms with Gasteiger partial charge >= 0.3 is 0 Å². The van der Waals surface area contributed by atoms with Crippen LogP contribution in [0.1, 0.15) is 29.9 Å². The second-order valence-corrected chi connectivity index (χ2v) is 15.6. The lowest BCUT2D eigenvalue weighted by molar-refractivity contribution is -0.138. The van der Waals surface area contributed by atoms with E-state index in [2.05, 4.69) is 10.3 Å². The molecule has 6 unspecified atom stereocenters. The molecule has 13 heteroatoms. The number of aliphatic hydroxyl groups excluding tert-OH is 1. The number of carbonyl (C=O) groups is 4. The van der Waals surface area contributed by atoms with Gasteiger partial charge in [0, 0.05) is 29.7 Å². The van der Waals surface area contributed by atoms with Crippen LogP contribution in [0.25, 0.3) is 0 Å². The van der Waals surface area contributed by atoms with E-state index in [1.165, 1.54) is 29.2 Å². The van der Waals surface area contributed by atoms with E-state index < -0.39 is 52.6 Å². The van der Waals surface area contributed by atoms with Gasteiger partial charge < -0.3 is 19.5 Å². The van der Waals surface area contributed by atoms with Gasteiger partial charge in [0.1, 0.15) is 18.2 Å². The van der Waals surface area contributed by atoms with Gasteiger partial charge in [0.25, 0.3) is 11.8 Å². The molecule has 3 aliphatic heterocycles. The first-order chi connectivity index (χ1) is 27.7. The van der Waals surface area contributed by atoms with Crippen molar-refractivity contribution in [1.82, 2.24) is 5.01 Å². The minimum absolute atomic E-state index is 0.0927.